The zero-order chi connectivity index (χ0) is 22.1. The molecule has 9 nitrogen and oxygen atoms in total. The maximum absolute atomic E-state index is 13.1. The Morgan fingerprint density at radius 3 is 2.68 bits per heavy atom. The SMILES string of the molecule is Cc1cc(C(=O)Nc2nnc(C3CC(=O)N(c4ccc(F)cc4)C3)s2)ccc1[N+](=O)[O-]. The molecule has 2 amide bonds. The van der Waals surface area contributed by atoms with Crippen molar-refractivity contribution in [3.05, 3.63) is 74.5 Å². The van der Waals surface area contributed by atoms with Gasteiger partial charge in [-0.2, -0.15) is 0 Å². The summed E-state index contributed by atoms with van der Waals surface area (Å²) < 4.78 is 13.1. The van der Waals surface area contributed by atoms with Gasteiger partial charge in [-0.3, -0.25) is 25.0 Å². The maximum atomic E-state index is 13.1. The summed E-state index contributed by atoms with van der Waals surface area (Å²) in [5.74, 6) is -1.13. The normalized spacial score (nSPS) is 15.9. The second-order valence-corrected chi connectivity index (χ2v) is 8.05. The number of nitrogens with one attached hydrogen (secondary N) is 1. The van der Waals surface area contributed by atoms with Crippen LogP contribution in [0.2, 0.25) is 0 Å². The molecule has 1 N–H and O–H groups in total. The van der Waals surface area contributed by atoms with Crippen LogP contribution in [0, 0.1) is 22.9 Å². The standard InChI is InChI=1S/C20H16FN5O4S/c1-11-8-12(2-7-16(11)26(29)30)18(28)22-20-24-23-19(31-20)13-9-17(27)25(10-13)15-5-3-14(21)4-6-15/h2-8,13H,9-10H2,1H3,(H,22,24,28). The van der Waals surface area contributed by atoms with Crippen molar-refractivity contribution in [1.82, 2.24) is 10.2 Å². The van der Waals surface area contributed by atoms with Crippen LogP contribution in [0.15, 0.2) is 42.5 Å². The summed E-state index contributed by atoms with van der Waals surface area (Å²) in [5.41, 5.74) is 1.19. The van der Waals surface area contributed by atoms with Gasteiger partial charge in [0.05, 0.1) is 4.92 Å². The number of carbonyl (C=O) groups is 2. The van der Waals surface area contributed by atoms with Crippen molar-refractivity contribution in [2.24, 2.45) is 0 Å². The molecule has 1 aliphatic heterocycles. The molecule has 4 rings (SSSR count). The van der Waals surface area contributed by atoms with Crippen LogP contribution in [0.5, 0.6) is 0 Å². The Bertz CT molecular complexity index is 1180. The van der Waals surface area contributed by atoms with Crippen molar-refractivity contribution in [3.8, 4) is 0 Å². The van der Waals surface area contributed by atoms with Crippen molar-refractivity contribution in [2.75, 3.05) is 16.8 Å². The summed E-state index contributed by atoms with van der Waals surface area (Å²) in [6.07, 6.45) is 0.238. The molecule has 1 aromatic heterocycles. The van der Waals surface area contributed by atoms with Crippen molar-refractivity contribution in [1.29, 1.82) is 0 Å². The van der Waals surface area contributed by atoms with Crippen LogP contribution < -0.4 is 10.2 Å². The van der Waals surface area contributed by atoms with Gasteiger partial charge in [0.2, 0.25) is 11.0 Å². The number of nitro groups is 1. The Kier molecular flexibility index (Phi) is 5.42. The summed E-state index contributed by atoms with van der Waals surface area (Å²) in [5, 5.41) is 22.5. The summed E-state index contributed by atoms with van der Waals surface area (Å²) in [7, 11) is 0. The number of nitrogens with zero attached hydrogens (tertiary/aromatic N) is 4. The molecular formula is C20H16FN5O4S. The molecule has 2 heterocycles. The highest BCUT2D eigenvalue weighted by Crippen LogP contribution is 2.34. The Hall–Kier alpha value is -3.73. The summed E-state index contributed by atoms with van der Waals surface area (Å²) in [6.45, 7) is 1.94. The van der Waals surface area contributed by atoms with Gasteiger partial charge >= 0.3 is 0 Å². The second-order valence-electron chi connectivity index (χ2n) is 7.04. The number of aryl methyl sites for hydroxylation is 1. The van der Waals surface area contributed by atoms with E-state index >= 15 is 0 Å². The lowest BCUT2D eigenvalue weighted by molar-refractivity contribution is -0.385. The molecule has 11 heteroatoms. The van der Waals surface area contributed by atoms with E-state index in [1.54, 1.807) is 24.0 Å². The molecule has 1 atom stereocenters. The van der Waals surface area contributed by atoms with Crippen molar-refractivity contribution in [3.63, 3.8) is 0 Å². The van der Waals surface area contributed by atoms with E-state index in [0.717, 1.165) is 0 Å². The summed E-state index contributed by atoms with van der Waals surface area (Å²) in [6, 6.07) is 9.79. The highest BCUT2D eigenvalue weighted by atomic mass is 32.1. The number of anilines is 2. The molecule has 1 fully saturated rings. The zero-order valence-corrected chi connectivity index (χ0v) is 17.1. The number of amides is 2. The van der Waals surface area contributed by atoms with Crippen molar-refractivity contribution < 1.29 is 18.9 Å². The molecular weight excluding hydrogens is 425 g/mol. The van der Waals surface area contributed by atoms with Gasteiger partial charge in [0.1, 0.15) is 10.8 Å². The molecule has 0 bridgehead atoms. The Morgan fingerprint density at radius 2 is 2.00 bits per heavy atom. The predicted octanol–water partition coefficient (Wildman–Crippen LogP) is 3.67. The van der Waals surface area contributed by atoms with Gasteiger partial charge in [-0.25, -0.2) is 4.39 Å². The van der Waals surface area contributed by atoms with E-state index in [4.69, 9.17) is 0 Å². The third-order valence-electron chi connectivity index (χ3n) is 4.93. The topological polar surface area (TPSA) is 118 Å². The van der Waals surface area contributed by atoms with Gasteiger partial charge < -0.3 is 4.90 Å². The maximum Gasteiger partial charge on any atom is 0.272 e. The van der Waals surface area contributed by atoms with Crippen LogP contribution >= 0.6 is 11.3 Å². The average molecular weight is 441 g/mol. The first kappa shape index (κ1) is 20.5. The zero-order valence-electron chi connectivity index (χ0n) is 16.2. The summed E-state index contributed by atoms with van der Waals surface area (Å²) >= 11 is 1.17. The van der Waals surface area contributed by atoms with E-state index in [1.807, 2.05) is 0 Å². The monoisotopic (exact) mass is 441 g/mol. The highest BCUT2D eigenvalue weighted by Gasteiger charge is 2.34. The molecule has 0 saturated carbocycles. The average Bonchev–Trinajstić information content (AvgIpc) is 3.35. The smallest absolute Gasteiger partial charge is 0.272 e. The fourth-order valence-corrected chi connectivity index (χ4v) is 4.19. The van der Waals surface area contributed by atoms with Gasteiger partial charge in [-0.1, -0.05) is 11.3 Å². The number of carbonyl (C=O) groups excluding carboxylic acids is 2. The number of aromatic nitrogens is 2. The first-order valence-electron chi connectivity index (χ1n) is 9.27. The third-order valence-corrected chi connectivity index (χ3v) is 5.93. The lowest BCUT2D eigenvalue weighted by Gasteiger charge is -2.16. The molecule has 31 heavy (non-hydrogen) atoms. The number of halogens is 1. The van der Waals surface area contributed by atoms with Crippen molar-refractivity contribution in [2.45, 2.75) is 19.3 Å². The van der Waals surface area contributed by atoms with Gasteiger partial charge in [-0.15, -0.1) is 10.2 Å². The van der Waals surface area contributed by atoms with Crippen LogP contribution in [0.4, 0.5) is 20.9 Å². The van der Waals surface area contributed by atoms with Crippen LogP contribution in [0.1, 0.15) is 33.3 Å². The van der Waals surface area contributed by atoms with Crippen LogP contribution in [0.25, 0.3) is 0 Å². The quantitative estimate of drug-likeness (QED) is 0.477. The minimum atomic E-state index is -0.508. The predicted molar refractivity (Wildman–Crippen MR) is 112 cm³/mol. The van der Waals surface area contributed by atoms with Crippen LogP contribution in [-0.4, -0.2) is 33.5 Å². The molecule has 1 unspecified atom stereocenters. The number of nitro benzene ring substituents is 1. The molecule has 158 valence electrons. The van der Waals surface area contributed by atoms with E-state index in [2.05, 4.69) is 15.5 Å². The number of hydrogen-bond acceptors (Lipinski definition) is 7. The second kappa shape index (κ2) is 8.19. The van der Waals surface area contributed by atoms with Crippen molar-refractivity contribution >= 4 is 39.7 Å². The lowest BCUT2D eigenvalue weighted by atomic mass is 10.1. The van der Waals surface area contributed by atoms with E-state index < -0.39 is 10.8 Å². The van der Waals surface area contributed by atoms with Gasteiger partial charge in [0.15, 0.2) is 0 Å². The fourth-order valence-electron chi connectivity index (χ4n) is 3.36. The summed E-state index contributed by atoms with van der Waals surface area (Å²) in [4.78, 5) is 36.8. The minimum absolute atomic E-state index is 0.0636. The molecule has 2 aromatic carbocycles. The first-order chi connectivity index (χ1) is 14.8. The Balaban J connectivity index is 1.44. The van der Waals surface area contributed by atoms with Gasteiger partial charge in [-0.05, 0) is 43.3 Å². The third kappa shape index (κ3) is 4.26. The molecule has 1 saturated heterocycles. The van der Waals surface area contributed by atoms with E-state index in [0.29, 0.717) is 22.8 Å². The van der Waals surface area contributed by atoms with E-state index in [1.165, 1.54) is 41.7 Å². The number of hydrogen-bond donors (Lipinski definition) is 1. The molecule has 0 spiro atoms. The van der Waals surface area contributed by atoms with Crippen LogP contribution in [-0.2, 0) is 4.79 Å². The molecule has 1 aliphatic rings. The highest BCUT2D eigenvalue weighted by molar-refractivity contribution is 7.15. The molecule has 0 aliphatic carbocycles. The van der Waals surface area contributed by atoms with Crippen LogP contribution in [0.3, 0.4) is 0 Å². The Morgan fingerprint density at radius 1 is 1.26 bits per heavy atom. The fraction of sp³-hybridized carbons (Fsp3) is 0.200. The minimum Gasteiger partial charge on any atom is -0.312 e. The van der Waals surface area contributed by atoms with E-state index in [9.17, 15) is 24.1 Å². The Labute approximate surface area is 179 Å². The lowest BCUT2D eigenvalue weighted by Crippen LogP contribution is -2.24. The largest absolute Gasteiger partial charge is 0.312 e. The van der Waals surface area contributed by atoms with E-state index in [-0.39, 0.29) is 40.4 Å². The molecule has 0 radical (unpaired) electrons. The molecule has 3 aromatic rings. The van der Waals surface area contributed by atoms with Gasteiger partial charge in [0.25, 0.3) is 11.6 Å². The number of rotatable bonds is 5. The van der Waals surface area contributed by atoms with Gasteiger partial charge in [0, 0.05) is 41.8 Å². The first-order valence-corrected chi connectivity index (χ1v) is 10.1. The number of benzene rings is 2.